The Hall–Kier alpha value is -2.82. The normalized spacial score (nSPS) is 24.1. The van der Waals surface area contributed by atoms with Crippen LogP contribution in [0.2, 0.25) is 0 Å². The Labute approximate surface area is 166 Å². The van der Waals surface area contributed by atoms with Crippen molar-refractivity contribution in [2.24, 2.45) is 0 Å². The van der Waals surface area contributed by atoms with Gasteiger partial charge in [-0.25, -0.2) is 4.39 Å². The van der Waals surface area contributed by atoms with Crippen LogP contribution in [0.15, 0.2) is 59.1 Å². The minimum Gasteiger partial charge on any atom is -0.496 e. The summed E-state index contributed by atoms with van der Waals surface area (Å²) >= 11 is 1.26. The molecule has 2 heterocycles. The van der Waals surface area contributed by atoms with Crippen molar-refractivity contribution in [1.29, 1.82) is 5.26 Å². The van der Waals surface area contributed by atoms with E-state index in [9.17, 15) is 19.6 Å². The Balaban J connectivity index is 1.82. The first kappa shape index (κ1) is 18.5. The second kappa shape index (κ2) is 6.97. The number of nitrogens with zero attached hydrogens (tertiary/aromatic N) is 2. The number of hydrogen-bond donors (Lipinski definition) is 1. The highest BCUT2D eigenvalue weighted by atomic mass is 32.2. The average Bonchev–Trinajstić information content (AvgIpc) is 3.07. The number of allylic oxidation sites excluding steroid dienone is 1. The van der Waals surface area contributed by atoms with Crippen LogP contribution in [0.3, 0.4) is 0 Å². The second-order valence-electron chi connectivity index (χ2n) is 6.67. The van der Waals surface area contributed by atoms with E-state index in [4.69, 9.17) is 4.74 Å². The number of halogens is 1. The summed E-state index contributed by atoms with van der Waals surface area (Å²) in [6.45, 7) is 0. The number of para-hydroxylation sites is 1. The zero-order valence-electron chi connectivity index (χ0n) is 15.1. The molecule has 28 heavy (non-hydrogen) atoms. The molecule has 0 unspecified atom stereocenters. The first-order valence-corrected chi connectivity index (χ1v) is 9.69. The quantitative estimate of drug-likeness (QED) is 0.860. The van der Waals surface area contributed by atoms with Crippen LogP contribution in [0.4, 0.5) is 4.39 Å². The summed E-state index contributed by atoms with van der Waals surface area (Å²) in [7, 11) is 1.55. The van der Waals surface area contributed by atoms with Gasteiger partial charge in [0.1, 0.15) is 11.6 Å². The van der Waals surface area contributed by atoms with Crippen LogP contribution >= 0.6 is 11.8 Å². The third-order valence-electron chi connectivity index (χ3n) is 5.13. The van der Waals surface area contributed by atoms with Crippen LogP contribution in [-0.2, 0) is 10.5 Å². The molecule has 0 bridgehead atoms. The zero-order valence-corrected chi connectivity index (χ0v) is 15.9. The van der Waals surface area contributed by atoms with E-state index in [1.165, 1.54) is 40.9 Å². The molecular weight excluding hydrogens is 379 g/mol. The fourth-order valence-corrected chi connectivity index (χ4v) is 5.13. The lowest BCUT2D eigenvalue weighted by atomic mass is 9.85. The number of nitriles is 1. The number of aliphatic hydroxyl groups is 1. The molecular formula is C21H17FN2O3S. The van der Waals surface area contributed by atoms with Crippen molar-refractivity contribution in [3.63, 3.8) is 0 Å². The molecule has 1 amide bonds. The highest BCUT2D eigenvalue weighted by molar-refractivity contribution is 8.03. The second-order valence-corrected chi connectivity index (χ2v) is 7.63. The van der Waals surface area contributed by atoms with Gasteiger partial charge in [-0.05, 0) is 18.2 Å². The molecule has 0 aromatic heterocycles. The highest BCUT2D eigenvalue weighted by Gasteiger charge is 2.52. The molecule has 0 radical (unpaired) electrons. The molecule has 2 aromatic carbocycles. The van der Waals surface area contributed by atoms with Gasteiger partial charge < -0.3 is 9.84 Å². The van der Waals surface area contributed by atoms with Crippen molar-refractivity contribution in [2.75, 3.05) is 12.9 Å². The number of amides is 1. The Morgan fingerprint density at radius 3 is 2.68 bits per heavy atom. The Bertz CT molecular complexity index is 1020. The van der Waals surface area contributed by atoms with Crippen molar-refractivity contribution in [1.82, 2.24) is 4.90 Å². The minimum absolute atomic E-state index is 0.0385. The standard InChI is InChI=1S/C21H17FN2O3S/c1-27-18-5-3-2-4-15(18)16-10-19(25)24-20(17(16)11-23)28-12-21(24,26)13-6-8-14(22)9-7-13/h2-9,16,26H,10,12H2,1H3/t16-,21-/m0/s1. The predicted octanol–water partition coefficient (Wildman–Crippen LogP) is 3.48. The molecule has 2 aliphatic rings. The van der Waals surface area contributed by atoms with Gasteiger partial charge in [0.15, 0.2) is 5.72 Å². The van der Waals surface area contributed by atoms with Gasteiger partial charge in [0.25, 0.3) is 0 Å². The number of ether oxygens (including phenoxy) is 1. The van der Waals surface area contributed by atoms with E-state index in [-0.39, 0.29) is 18.1 Å². The molecule has 1 N–H and O–H groups in total. The van der Waals surface area contributed by atoms with Gasteiger partial charge in [-0.2, -0.15) is 5.26 Å². The van der Waals surface area contributed by atoms with E-state index in [0.717, 1.165) is 5.56 Å². The van der Waals surface area contributed by atoms with Gasteiger partial charge in [0.2, 0.25) is 5.91 Å². The maximum atomic E-state index is 13.3. The topological polar surface area (TPSA) is 73.6 Å². The van der Waals surface area contributed by atoms with Gasteiger partial charge in [0.05, 0.1) is 29.5 Å². The molecule has 4 rings (SSSR count). The van der Waals surface area contributed by atoms with Gasteiger partial charge in [-0.15, -0.1) is 11.8 Å². The summed E-state index contributed by atoms with van der Waals surface area (Å²) < 4.78 is 18.7. The molecule has 1 saturated heterocycles. The Morgan fingerprint density at radius 2 is 2.00 bits per heavy atom. The number of rotatable bonds is 3. The number of methoxy groups -OCH3 is 1. The first-order chi connectivity index (χ1) is 13.5. The fraction of sp³-hybridized carbons (Fsp3) is 0.238. The van der Waals surface area contributed by atoms with E-state index in [1.54, 1.807) is 13.2 Å². The van der Waals surface area contributed by atoms with Crippen molar-refractivity contribution >= 4 is 17.7 Å². The third-order valence-corrected chi connectivity index (χ3v) is 6.35. The number of hydrogen-bond acceptors (Lipinski definition) is 5. The number of carbonyl (C=O) groups excluding carboxylic acids is 1. The van der Waals surface area contributed by atoms with E-state index >= 15 is 0 Å². The number of fused-ring (bicyclic) bond motifs is 1. The van der Waals surface area contributed by atoms with Crippen molar-refractivity contribution in [2.45, 2.75) is 18.1 Å². The lowest BCUT2D eigenvalue weighted by Gasteiger charge is -2.38. The summed E-state index contributed by atoms with van der Waals surface area (Å²) in [5, 5.41) is 21.6. The van der Waals surface area contributed by atoms with Gasteiger partial charge in [0, 0.05) is 23.5 Å². The maximum Gasteiger partial charge on any atom is 0.231 e. The van der Waals surface area contributed by atoms with E-state index in [2.05, 4.69) is 6.07 Å². The van der Waals surface area contributed by atoms with Crippen molar-refractivity contribution in [3.8, 4) is 11.8 Å². The van der Waals surface area contributed by atoms with E-state index < -0.39 is 17.5 Å². The average molecular weight is 396 g/mol. The fourth-order valence-electron chi connectivity index (χ4n) is 3.78. The zero-order chi connectivity index (χ0) is 19.9. The number of carbonyl (C=O) groups is 1. The largest absolute Gasteiger partial charge is 0.496 e. The smallest absolute Gasteiger partial charge is 0.231 e. The van der Waals surface area contributed by atoms with Crippen molar-refractivity contribution in [3.05, 3.63) is 76.1 Å². The lowest BCUT2D eigenvalue weighted by molar-refractivity contribution is -0.149. The Kier molecular flexibility index (Phi) is 4.61. The number of benzene rings is 2. The van der Waals surface area contributed by atoms with Gasteiger partial charge in [-0.1, -0.05) is 30.3 Å². The van der Waals surface area contributed by atoms with E-state index in [1.807, 2.05) is 18.2 Å². The molecule has 7 heteroatoms. The summed E-state index contributed by atoms with van der Waals surface area (Å²) in [6.07, 6.45) is 0.0385. The molecule has 2 aliphatic heterocycles. The summed E-state index contributed by atoms with van der Waals surface area (Å²) in [4.78, 5) is 14.4. The summed E-state index contributed by atoms with van der Waals surface area (Å²) in [5.74, 6) is -0.375. The SMILES string of the molecule is COc1ccccc1[C@@H]1CC(=O)N2C(=C1C#N)SC[C@]2(O)c1ccc(F)cc1. The van der Waals surface area contributed by atoms with Crippen LogP contribution in [0.25, 0.3) is 0 Å². The summed E-state index contributed by atoms with van der Waals surface area (Å²) in [6, 6.07) is 15.0. The molecule has 2 atom stereocenters. The monoisotopic (exact) mass is 396 g/mol. The molecule has 2 aromatic rings. The van der Waals surface area contributed by atoms with E-state index in [0.29, 0.717) is 21.9 Å². The van der Waals surface area contributed by atoms with Crippen LogP contribution in [0.5, 0.6) is 5.75 Å². The van der Waals surface area contributed by atoms with Crippen LogP contribution < -0.4 is 4.74 Å². The highest BCUT2D eigenvalue weighted by Crippen LogP contribution is 2.52. The van der Waals surface area contributed by atoms with Crippen LogP contribution in [0.1, 0.15) is 23.5 Å². The Morgan fingerprint density at radius 1 is 1.29 bits per heavy atom. The molecule has 1 fully saturated rings. The van der Waals surface area contributed by atoms with Crippen molar-refractivity contribution < 1.29 is 19.0 Å². The first-order valence-electron chi connectivity index (χ1n) is 8.71. The van der Waals surface area contributed by atoms with Crippen LogP contribution in [0, 0.1) is 17.1 Å². The molecule has 0 saturated carbocycles. The van der Waals surface area contributed by atoms with Crippen LogP contribution in [-0.4, -0.2) is 28.8 Å². The molecule has 142 valence electrons. The number of thioether (sulfide) groups is 1. The predicted molar refractivity (Wildman–Crippen MR) is 103 cm³/mol. The third kappa shape index (κ3) is 2.77. The molecule has 0 aliphatic carbocycles. The van der Waals surface area contributed by atoms with Gasteiger partial charge >= 0.3 is 0 Å². The van der Waals surface area contributed by atoms with Gasteiger partial charge in [-0.3, -0.25) is 9.69 Å². The molecule has 5 nitrogen and oxygen atoms in total. The lowest BCUT2D eigenvalue weighted by Crippen LogP contribution is -2.48. The minimum atomic E-state index is -1.61. The maximum absolute atomic E-state index is 13.3. The summed E-state index contributed by atoms with van der Waals surface area (Å²) in [5.41, 5.74) is -0.0108. The molecule has 0 spiro atoms.